The van der Waals surface area contributed by atoms with Gasteiger partial charge in [-0.1, -0.05) is 6.07 Å². The van der Waals surface area contributed by atoms with Crippen LogP contribution < -0.4 is 5.32 Å². The lowest BCUT2D eigenvalue weighted by Gasteiger charge is -2.11. The van der Waals surface area contributed by atoms with Gasteiger partial charge in [0.05, 0.1) is 23.0 Å². The van der Waals surface area contributed by atoms with Crippen molar-refractivity contribution in [1.29, 1.82) is 0 Å². The molecule has 6 nitrogen and oxygen atoms in total. The summed E-state index contributed by atoms with van der Waals surface area (Å²) < 4.78 is 15.4. The molecule has 5 rings (SSSR count). The summed E-state index contributed by atoms with van der Waals surface area (Å²) in [5.74, 6) is -0.513. The Morgan fingerprint density at radius 2 is 1.84 bits per heavy atom. The first-order chi connectivity index (χ1) is 15.6. The first-order valence-corrected chi connectivity index (χ1v) is 10.0. The van der Waals surface area contributed by atoms with Crippen LogP contribution in [0.4, 0.5) is 10.1 Å². The topological polar surface area (TPSA) is 72.2 Å². The number of pyridine rings is 3. The maximum atomic E-state index is 13.8. The molecule has 32 heavy (non-hydrogen) atoms. The third-order valence-electron chi connectivity index (χ3n) is 5.25. The van der Waals surface area contributed by atoms with E-state index in [1.165, 1.54) is 6.07 Å². The highest BCUT2D eigenvalue weighted by Gasteiger charge is 2.16. The van der Waals surface area contributed by atoms with Crippen LogP contribution in [0.15, 0.2) is 85.6 Å². The predicted molar refractivity (Wildman–Crippen MR) is 121 cm³/mol. The van der Waals surface area contributed by atoms with Crippen molar-refractivity contribution in [3.63, 3.8) is 0 Å². The van der Waals surface area contributed by atoms with Gasteiger partial charge in [0.2, 0.25) is 0 Å². The first-order valence-electron chi connectivity index (χ1n) is 10.0. The van der Waals surface area contributed by atoms with Gasteiger partial charge in [0.1, 0.15) is 5.82 Å². The Balaban J connectivity index is 1.57. The summed E-state index contributed by atoms with van der Waals surface area (Å²) in [6.45, 7) is 1.73. The highest BCUT2D eigenvalue weighted by atomic mass is 19.1. The summed E-state index contributed by atoms with van der Waals surface area (Å²) >= 11 is 0. The Kier molecular flexibility index (Phi) is 4.91. The molecule has 0 fully saturated rings. The van der Waals surface area contributed by atoms with Gasteiger partial charge >= 0.3 is 0 Å². The molecule has 1 aromatic carbocycles. The van der Waals surface area contributed by atoms with Crippen LogP contribution in [0.2, 0.25) is 0 Å². The number of hydrogen-bond acceptors (Lipinski definition) is 4. The minimum absolute atomic E-state index is 0.253. The summed E-state index contributed by atoms with van der Waals surface area (Å²) in [7, 11) is 0. The Labute approximate surface area is 183 Å². The number of amides is 1. The molecule has 0 aliphatic carbocycles. The van der Waals surface area contributed by atoms with Crippen LogP contribution in [0.25, 0.3) is 27.9 Å². The van der Waals surface area contributed by atoms with Gasteiger partial charge in [-0.05, 0) is 66.6 Å². The first kappa shape index (κ1) is 19.6. The molecule has 0 radical (unpaired) electrons. The zero-order valence-electron chi connectivity index (χ0n) is 17.2. The van der Waals surface area contributed by atoms with Gasteiger partial charge in [0.15, 0.2) is 0 Å². The third kappa shape index (κ3) is 3.60. The Bertz CT molecular complexity index is 1450. The number of carbonyl (C=O) groups is 1. The monoisotopic (exact) mass is 423 g/mol. The van der Waals surface area contributed by atoms with Crippen LogP contribution in [0, 0.1) is 12.7 Å². The third-order valence-corrected chi connectivity index (χ3v) is 5.25. The molecule has 0 aliphatic heterocycles. The number of carbonyl (C=O) groups excluding carboxylic acids is 1. The summed E-state index contributed by atoms with van der Waals surface area (Å²) in [6, 6.07) is 16.0. The minimum atomic E-state index is -0.260. The van der Waals surface area contributed by atoms with Crippen molar-refractivity contribution >= 4 is 17.1 Å². The van der Waals surface area contributed by atoms with E-state index in [0.717, 1.165) is 22.4 Å². The zero-order valence-corrected chi connectivity index (χ0v) is 17.2. The number of aryl methyl sites for hydroxylation is 1. The van der Waals surface area contributed by atoms with Crippen molar-refractivity contribution in [3.05, 3.63) is 103 Å². The Morgan fingerprint density at radius 3 is 2.66 bits per heavy atom. The number of benzene rings is 1. The lowest BCUT2D eigenvalue weighted by molar-refractivity contribution is 0.102. The van der Waals surface area contributed by atoms with Gasteiger partial charge < -0.3 is 5.32 Å². The average molecular weight is 423 g/mol. The van der Waals surface area contributed by atoms with E-state index < -0.39 is 0 Å². The summed E-state index contributed by atoms with van der Waals surface area (Å²) in [5, 5.41) is 7.17. The number of anilines is 1. The van der Waals surface area contributed by atoms with E-state index >= 15 is 0 Å². The van der Waals surface area contributed by atoms with Crippen molar-refractivity contribution in [2.24, 2.45) is 0 Å². The molecular formula is C25H18FN5O. The van der Waals surface area contributed by atoms with Gasteiger partial charge in [-0.25, -0.2) is 8.91 Å². The summed E-state index contributed by atoms with van der Waals surface area (Å²) in [6.07, 6.45) is 8.29. The molecule has 4 heterocycles. The van der Waals surface area contributed by atoms with E-state index in [1.54, 1.807) is 66.7 Å². The highest BCUT2D eigenvalue weighted by molar-refractivity contribution is 6.09. The second-order valence-electron chi connectivity index (χ2n) is 7.36. The molecule has 5 aromatic rings. The molecule has 0 saturated heterocycles. The van der Waals surface area contributed by atoms with E-state index in [1.807, 2.05) is 24.3 Å². The van der Waals surface area contributed by atoms with Crippen molar-refractivity contribution in [2.45, 2.75) is 6.92 Å². The number of aromatic nitrogens is 4. The number of halogens is 1. The lowest BCUT2D eigenvalue weighted by Crippen LogP contribution is -2.11. The largest absolute Gasteiger partial charge is 0.322 e. The van der Waals surface area contributed by atoms with Crippen molar-refractivity contribution in [1.82, 2.24) is 19.6 Å². The molecule has 0 bridgehead atoms. The number of nitrogens with one attached hydrogen (secondary N) is 1. The fourth-order valence-electron chi connectivity index (χ4n) is 3.62. The molecule has 7 heteroatoms. The molecule has 4 aromatic heterocycles. The van der Waals surface area contributed by atoms with Gasteiger partial charge in [0, 0.05) is 41.6 Å². The SMILES string of the molecule is Cc1cc(-c2ncccc2-c2ccn3ncc(C(=O)Nc4ccncc4)c3c2)ccc1F. The summed E-state index contributed by atoms with van der Waals surface area (Å²) in [5.41, 5.74) is 5.64. The number of nitrogens with zero attached hydrogens (tertiary/aromatic N) is 4. The van der Waals surface area contributed by atoms with E-state index in [2.05, 4.69) is 20.4 Å². The zero-order chi connectivity index (χ0) is 22.1. The van der Waals surface area contributed by atoms with E-state index in [4.69, 9.17) is 0 Å². The highest BCUT2D eigenvalue weighted by Crippen LogP contribution is 2.32. The molecule has 0 saturated carbocycles. The van der Waals surface area contributed by atoms with Crippen LogP contribution in [-0.4, -0.2) is 25.5 Å². The maximum Gasteiger partial charge on any atom is 0.259 e. The Morgan fingerprint density at radius 1 is 1.00 bits per heavy atom. The summed E-state index contributed by atoms with van der Waals surface area (Å²) in [4.78, 5) is 21.4. The fourth-order valence-corrected chi connectivity index (χ4v) is 3.62. The van der Waals surface area contributed by atoms with Gasteiger partial charge in [0.25, 0.3) is 5.91 Å². The lowest BCUT2D eigenvalue weighted by atomic mass is 9.98. The molecule has 156 valence electrons. The molecular weight excluding hydrogens is 405 g/mol. The average Bonchev–Trinajstić information content (AvgIpc) is 3.25. The van der Waals surface area contributed by atoms with E-state index in [-0.39, 0.29) is 11.7 Å². The van der Waals surface area contributed by atoms with Crippen LogP contribution in [0.5, 0.6) is 0 Å². The normalized spacial score (nSPS) is 10.9. The molecule has 0 aliphatic rings. The quantitative estimate of drug-likeness (QED) is 0.434. The second kappa shape index (κ2) is 8.03. The van der Waals surface area contributed by atoms with Crippen molar-refractivity contribution < 1.29 is 9.18 Å². The van der Waals surface area contributed by atoms with Crippen molar-refractivity contribution in [3.8, 4) is 22.4 Å². The van der Waals surface area contributed by atoms with Crippen molar-refractivity contribution in [2.75, 3.05) is 5.32 Å². The van der Waals surface area contributed by atoms with Gasteiger partial charge in [-0.3, -0.25) is 14.8 Å². The Hall–Kier alpha value is -4.39. The number of rotatable bonds is 4. The molecule has 0 unspecified atom stereocenters. The predicted octanol–water partition coefficient (Wildman–Crippen LogP) is 5.16. The van der Waals surface area contributed by atoms with Gasteiger partial charge in [-0.15, -0.1) is 0 Å². The van der Waals surface area contributed by atoms with Crippen LogP contribution >= 0.6 is 0 Å². The second-order valence-corrected chi connectivity index (χ2v) is 7.36. The molecule has 1 amide bonds. The molecule has 1 N–H and O–H groups in total. The van der Waals surface area contributed by atoms with Crippen LogP contribution in [-0.2, 0) is 0 Å². The smallest absolute Gasteiger partial charge is 0.259 e. The number of fused-ring (bicyclic) bond motifs is 1. The fraction of sp³-hybridized carbons (Fsp3) is 0.0400. The van der Waals surface area contributed by atoms with Crippen LogP contribution in [0.1, 0.15) is 15.9 Å². The van der Waals surface area contributed by atoms with Gasteiger partial charge in [-0.2, -0.15) is 5.10 Å². The van der Waals surface area contributed by atoms with E-state index in [0.29, 0.717) is 22.3 Å². The van der Waals surface area contributed by atoms with E-state index in [9.17, 15) is 9.18 Å². The molecule has 0 spiro atoms. The minimum Gasteiger partial charge on any atom is -0.322 e. The maximum absolute atomic E-state index is 13.8. The standard InChI is InChI=1S/C25H18FN5O/c1-16-13-18(4-5-22(16)26)24-20(3-2-9-28-24)17-8-12-31-23(14-17)21(15-29-31)25(32)30-19-6-10-27-11-7-19/h2-15H,1H3,(H,27,30,32). The van der Waals surface area contributed by atoms with Crippen LogP contribution in [0.3, 0.4) is 0 Å². The molecule has 0 atom stereocenters. The number of hydrogen-bond donors (Lipinski definition) is 1.